The number of ether oxygens (including phenoxy) is 1. The number of nitrogens with zero attached hydrogens (tertiary/aromatic N) is 1. The fourth-order valence-electron chi connectivity index (χ4n) is 2.05. The molecule has 2 rings (SSSR count). The van der Waals surface area contributed by atoms with Crippen molar-refractivity contribution < 1.29 is 28.4 Å². The molecule has 0 aromatic heterocycles. The van der Waals surface area contributed by atoms with E-state index in [2.05, 4.69) is 11.3 Å². The third kappa shape index (κ3) is 4.20. The molecule has 0 radical (unpaired) electrons. The average molecular weight is 317 g/mol. The van der Waals surface area contributed by atoms with Gasteiger partial charge < -0.3 is 14.0 Å². The molecule has 1 aromatic rings. The van der Waals surface area contributed by atoms with E-state index in [4.69, 9.17) is 9.31 Å². The summed E-state index contributed by atoms with van der Waals surface area (Å²) in [5.74, 6) is -1.50. The van der Waals surface area contributed by atoms with Crippen LogP contribution in [0.25, 0.3) is 5.47 Å². The molecule has 7 nitrogen and oxygen atoms in total. The van der Waals surface area contributed by atoms with Crippen molar-refractivity contribution in [2.45, 2.75) is 0 Å². The molecular formula is C15H16BNO6. The lowest BCUT2D eigenvalue weighted by Gasteiger charge is -2.23. The zero-order valence-corrected chi connectivity index (χ0v) is 12.9. The van der Waals surface area contributed by atoms with E-state index < -0.39 is 25.0 Å². The minimum Gasteiger partial charge on any atom is -0.494 e. The second-order valence-electron chi connectivity index (χ2n) is 5.08. The molecule has 1 aliphatic rings. The van der Waals surface area contributed by atoms with Gasteiger partial charge in [0.05, 0.1) is 25.8 Å². The summed E-state index contributed by atoms with van der Waals surface area (Å²) in [4.78, 5) is 36.4. The van der Waals surface area contributed by atoms with Crippen LogP contribution in [-0.4, -0.2) is 57.2 Å². The number of benzene rings is 1. The van der Waals surface area contributed by atoms with Crippen molar-refractivity contribution in [3.63, 3.8) is 0 Å². The predicted molar refractivity (Wildman–Crippen MR) is 82.3 cm³/mol. The Bertz CT molecular complexity index is 622. The summed E-state index contributed by atoms with van der Waals surface area (Å²) in [7, 11) is 1.72. The SMILES string of the molecule is C=C(B1OC(=O)CN(C)CC(=O)O1)c1ccc(C(=O)OC)cc1. The molecule has 0 N–H and O–H groups in total. The van der Waals surface area contributed by atoms with Gasteiger partial charge >= 0.3 is 25.0 Å². The molecular weight excluding hydrogens is 301 g/mol. The Labute approximate surface area is 133 Å². The molecule has 1 saturated heterocycles. The first kappa shape index (κ1) is 16.8. The molecule has 1 aliphatic heterocycles. The van der Waals surface area contributed by atoms with Crippen molar-refractivity contribution in [3.05, 3.63) is 42.0 Å². The highest BCUT2D eigenvalue weighted by atomic mass is 16.6. The van der Waals surface area contributed by atoms with E-state index in [1.54, 1.807) is 31.3 Å². The van der Waals surface area contributed by atoms with Gasteiger partial charge in [-0.1, -0.05) is 18.7 Å². The van der Waals surface area contributed by atoms with Crippen molar-refractivity contribution in [3.8, 4) is 0 Å². The van der Waals surface area contributed by atoms with E-state index in [1.165, 1.54) is 12.0 Å². The number of carbonyl (C=O) groups is 3. The van der Waals surface area contributed by atoms with Crippen LogP contribution in [0.3, 0.4) is 0 Å². The van der Waals surface area contributed by atoms with Gasteiger partial charge in [-0.25, -0.2) is 4.79 Å². The van der Waals surface area contributed by atoms with E-state index in [1.807, 2.05) is 0 Å². The van der Waals surface area contributed by atoms with Crippen LogP contribution in [0.5, 0.6) is 0 Å². The molecule has 1 aromatic carbocycles. The largest absolute Gasteiger partial charge is 0.636 e. The highest BCUT2D eigenvalue weighted by molar-refractivity contribution is 6.70. The number of likely N-dealkylation sites (N-methyl/N-ethyl adjacent to an activating group) is 1. The lowest BCUT2D eigenvalue weighted by Crippen LogP contribution is -2.42. The molecule has 120 valence electrons. The van der Waals surface area contributed by atoms with Crippen LogP contribution in [0.2, 0.25) is 0 Å². The highest BCUT2D eigenvalue weighted by Gasteiger charge is 2.35. The van der Waals surface area contributed by atoms with Gasteiger partial charge in [-0.3, -0.25) is 14.5 Å². The van der Waals surface area contributed by atoms with Crippen molar-refractivity contribution >= 4 is 30.5 Å². The molecule has 1 heterocycles. The molecule has 0 atom stereocenters. The highest BCUT2D eigenvalue weighted by Crippen LogP contribution is 2.19. The van der Waals surface area contributed by atoms with Gasteiger partial charge in [0.25, 0.3) is 0 Å². The maximum atomic E-state index is 11.7. The summed E-state index contributed by atoms with van der Waals surface area (Å²) < 4.78 is 14.9. The Hall–Kier alpha value is -2.61. The molecule has 0 unspecified atom stereocenters. The Morgan fingerprint density at radius 2 is 1.61 bits per heavy atom. The van der Waals surface area contributed by atoms with E-state index in [0.717, 1.165) is 0 Å². The summed E-state index contributed by atoms with van der Waals surface area (Å²) in [5.41, 5.74) is 1.27. The summed E-state index contributed by atoms with van der Waals surface area (Å²) in [6, 6.07) is 6.32. The Morgan fingerprint density at radius 3 is 2.09 bits per heavy atom. The van der Waals surface area contributed by atoms with Crippen molar-refractivity contribution in [2.24, 2.45) is 0 Å². The van der Waals surface area contributed by atoms with Crippen LogP contribution >= 0.6 is 0 Å². The first-order chi connectivity index (χ1) is 10.9. The summed E-state index contributed by atoms with van der Waals surface area (Å²) in [5, 5.41) is 0. The molecule has 0 spiro atoms. The number of esters is 1. The summed E-state index contributed by atoms with van der Waals surface area (Å²) >= 11 is 0. The summed E-state index contributed by atoms with van der Waals surface area (Å²) in [6.45, 7) is 3.79. The quantitative estimate of drug-likeness (QED) is 0.594. The van der Waals surface area contributed by atoms with Crippen LogP contribution in [-0.2, 0) is 23.6 Å². The maximum absolute atomic E-state index is 11.7. The van der Waals surface area contributed by atoms with E-state index in [-0.39, 0.29) is 13.1 Å². The van der Waals surface area contributed by atoms with Gasteiger partial charge in [0.1, 0.15) is 0 Å². The summed E-state index contributed by atoms with van der Waals surface area (Å²) in [6.07, 6.45) is 0. The van der Waals surface area contributed by atoms with Gasteiger partial charge in [0.15, 0.2) is 0 Å². The van der Waals surface area contributed by atoms with E-state index in [0.29, 0.717) is 16.6 Å². The van der Waals surface area contributed by atoms with E-state index >= 15 is 0 Å². The molecule has 0 bridgehead atoms. The standard InChI is InChI=1S/C15H16BNO6/c1-10(11-4-6-12(7-5-11)15(20)21-3)16-22-13(18)8-17(2)9-14(19)23-16/h4-7H,1,8-9H2,2-3H3. The van der Waals surface area contributed by atoms with Crippen molar-refractivity contribution in [2.75, 3.05) is 27.2 Å². The molecule has 0 saturated carbocycles. The number of carbonyl (C=O) groups excluding carboxylic acids is 3. The normalized spacial score (nSPS) is 16.0. The molecule has 1 fully saturated rings. The number of methoxy groups -OCH3 is 1. The van der Waals surface area contributed by atoms with Gasteiger partial charge in [-0.05, 0) is 24.7 Å². The fraction of sp³-hybridized carbons (Fsp3) is 0.267. The molecule has 0 amide bonds. The van der Waals surface area contributed by atoms with Gasteiger partial charge in [0, 0.05) is 5.47 Å². The first-order valence-electron chi connectivity index (χ1n) is 6.85. The lowest BCUT2D eigenvalue weighted by atomic mass is 9.74. The second kappa shape index (κ2) is 7.10. The van der Waals surface area contributed by atoms with Crippen LogP contribution in [0.15, 0.2) is 30.8 Å². The molecule has 23 heavy (non-hydrogen) atoms. The second-order valence-corrected chi connectivity index (χ2v) is 5.08. The maximum Gasteiger partial charge on any atom is 0.636 e. The first-order valence-corrected chi connectivity index (χ1v) is 6.85. The molecule has 8 heteroatoms. The van der Waals surface area contributed by atoms with Crippen LogP contribution < -0.4 is 0 Å². The topological polar surface area (TPSA) is 82.1 Å². The monoisotopic (exact) mass is 317 g/mol. The van der Waals surface area contributed by atoms with Crippen LogP contribution in [0.1, 0.15) is 15.9 Å². The smallest absolute Gasteiger partial charge is 0.494 e. The molecule has 0 aliphatic carbocycles. The lowest BCUT2D eigenvalue weighted by molar-refractivity contribution is -0.145. The van der Waals surface area contributed by atoms with Gasteiger partial charge in [-0.15, -0.1) is 0 Å². The Kier molecular flexibility index (Phi) is 5.18. The fourth-order valence-corrected chi connectivity index (χ4v) is 2.05. The minimum absolute atomic E-state index is 0.0137. The van der Waals surface area contributed by atoms with E-state index in [9.17, 15) is 14.4 Å². The average Bonchev–Trinajstić information content (AvgIpc) is 2.51. The predicted octanol–water partition coefficient (Wildman–Crippen LogP) is 0.546. The zero-order valence-electron chi connectivity index (χ0n) is 12.9. The Morgan fingerprint density at radius 1 is 1.13 bits per heavy atom. The number of hydrogen-bond acceptors (Lipinski definition) is 7. The van der Waals surface area contributed by atoms with Gasteiger partial charge in [0.2, 0.25) is 0 Å². The van der Waals surface area contributed by atoms with Crippen molar-refractivity contribution in [1.82, 2.24) is 4.90 Å². The third-order valence-electron chi connectivity index (χ3n) is 3.24. The number of rotatable bonds is 3. The van der Waals surface area contributed by atoms with Crippen LogP contribution in [0.4, 0.5) is 0 Å². The third-order valence-corrected chi connectivity index (χ3v) is 3.24. The minimum atomic E-state index is -1.19. The number of hydrogen-bond donors (Lipinski definition) is 0. The van der Waals surface area contributed by atoms with Crippen molar-refractivity contribution in [1.29, 1.82) is 0 Å². The van der Waals surface area contributed by atoms with Crippen LogP contribution in [0, 0.1) is 0 Å². The van der Waals surface area contributed by atoms with Gasteiger partial charge in [-0.2, -0.15) is 0 Å². The zero-order chi connectivity index (χ0) is 17.0. The Balaban J connectivity index is 2.16.